The van der Waals surface area contributed by atoms with Crippen LogP contribution in [0.3, 0.4) is 0 Å². The fourth-order valence-electron chi connectivity index (χ4n) is 1.59. The summed E-state index contributed by atoms with van der Waals surface area (Å²) < 4.78 is 52.7. The first-order chi connectivity index (χ1) is 8.50. The summed E-state index contributed by atoms with van der Waals surface area (Å²) in [6.45, 7) is 0. The summed E-state index contributed by atoms with van der Waals surface area (Å²) in [6.07, 6.45) is 0. The van der Waals surface area contributed by atoms with Crippen LogP contribution in [0.25, 0.3) is 0 Å². The standard InChI is InChI=1S/C13H7ClF4/c14-13(7-4-5-8(15)11(18)6-7)12-9(16)2-1-3-10(12)17/h1-6,13H. The lowest BCUT2D eigenvalue weighted by atomic mass is 10.0. The molecule has 0 heterocycles. The Balaban J connectivity index is 2.48. The Bertz CT molecular complexity index is 563. The normalized spacial score (nSPS) is 12.5. The van der Waals surface area contributed by atoms with Gasteiger partial charge in [0.25, 0.3) is 0 Å². The van der Waals surface area contributed by atoms with E-state index in [-0.39, 0.29) is 11.1 Å². The van der Waals surface area contributed by atoms with Crippen molar-refractivity contribution in [2.45, 2.75) is 5.38 Å². The van der Waals surface area contributed by atoms with Gasteiger partial charge in [-0.25, -0.2) is 17.6 Å². The van der Waals surface area contributed by atoms with Gasteiger partial charge in [-0.15, -0.1) is 11.6 Å². The van der Waals surface area contributed by atoms with Crippen LogP contribution in [0, 0.1) is 23.3 Å². The highest BCUT2D eigenvalue weighted by molar-refractivity contribution is 6.22. The van der Waals surface area contributed by atoms with Gasteiger partial charge >= 0.3 is 0 Å². The van der Waals surface area contributed by atoms with E-state index >= 15 is 0 Å². The zero-order chi connectivity index (χ0) is 13.3. The van der Waals surface area contributed by atoms with Crippen molar-refractivity contribution in [3.05, 3.63) is 70.8 Å². The number of rotatable bonds is 2. The Hall–Kier alpha value is -1.55. The van der Waals surface area contributed by atoms with Crippen LogP contribution in [-0.4, -0.2) is 0 Å². The Morgan fingerprint density at radius 2 is 1.39 bits per heavy atom. The fraction of sp³-hybridized carbons (Fsp3) is 0.0769. The lowest BCUT2D eigenvalue weighted by molar-refractivity contribution is 0.506. The highest BCUT2D eigenvalue weighted by Crippen LogP contribution is 2.32. The summed E-state index contributed by atoms with van der Waals surface area (Å²) in [5.41, 5.74) is -0.301. The van der Waals surface area contributed by atoms with Gasteiger partial charge in [0.1, 0.15) is 11.6 Å². The number of benzene rings is 2. The Kier molecular flexibility index (Phi) is 3.57. The maximum absolute atomic E-state index is 13.5. The summed E-state index contributed by atoms with van der Waals surface area (Å²) in [5.74, 6) is -3.83. The molecule has 0 saturated carbocycles. The minimum absolute atomic E-state index is 0.0829. The fourth-order valence-corrected chi connectivity index (χ4v) is 1.93. The lowest BCUT2D eigenvalue weighted by Crippen LogP contribution is -2.01. The van der Waals surface area contributed by atoms with Crippen molar-refractivity contribution in [3.8, 4) is 0 Å². The minimum atomic E-state index is -1.22. The van der Waals surface area contributed by atoms with Crippen LogP contribution in [-0.2, 0) is 0 Å². The summed E-state index contributed by atoms with van der Waals surface area (Å²) in [5, 5.41) is -1.22. The molecule has 0 aliphatic carbocycles. The molecule has 0 aromatic heterocycles. The largest absolute Gasteiger partial charge is 0.207 e. The smallest absolute Gasteiger partial charge is 0.159 e. The lowest BCUT2D eigenvalue weighted by Gasteiger charge is -2.12. The first kappa shape index (κ1) is 12.9. The molecular formula is C13H7ClF4. The summed E-state index contributed by atoms with van der Waals surface area (Å²) in [7, 11) is 0. The van der Waals surface area contributed by atoms with Crippen LogP contribution < -0.4 is 0 Å². The molecule has 0 fully saturated rings. The molecule has 0 nitrogen and oxygen atoms in total. The number of hydrogen-bond donors (Lipinski definition) is 0. The van der Waals surface area contributed by atoms with E-state index in [1.54, 1.807) is 0 Å². The van der Waals surface area contributed by atoms with Gasteiger partial charge < -0.3 is 0 Å². The Labute approximate surface area is 106 Å². The topological polar surface area (TPSA) is 0 Å². The first-order valence-corrected chi connectivity index (χ1v) is 5.47. The van der Waals surface area contributed by atoms with Crippen molar-refractivity contribution < 1.29 is 17.6 Å². The van der Waals surface area contributed by atoms with Gasteiger partial charge in [-0.2, -0.15) is 0 Å². The maximum atomic E-state index is 13.5. The number of hydrogen-bond acceptors (Lipinski definition) is 0. The van der Waals surface area contributed by atoms with Gasteiger partial charge in [0.05, 0.1) is 5.38 Å². The van der Waals surface area contributed by atoms with Crippen LogP contribution in [0.15, 0.2) is 36.4 Å². The third kappa shape index (κ3) is 2.34. The van der Waals surface area contributed by atoms with Crippen LogP contribution >= 0.6 is 11.6 Å². The summed E-state index contributed by atoms with van der Waals surface area (Å²) >= 11 is 5.90. The highest BCUT2D eigenvalue weighted by atomic mass is 35.5. The van der Waals surface area contributed by atoms with Crippen molar-refractivity contribution in [2.75, 3.05) is 0 Å². The van der Waals surface area contributed by atoms with Crippen molar-refractivity contribution in [1.82, 2.24) is 0 Å². The molecule has 2 rings (SSSR count). The van der Waals surface area contributed by atoms with Crippen molar-refractivity contribution >= 4 is 11.6 Å². The van der Waals surface area contributed by atoms with Crippen molar-refractivity contribution in [2.24, 2.45) is 0 Å². The Morgan fingerprint density at radius 3 is 1.94 bits per heavy atom. The number of alkyl halides is 1. The molecule has 1 unspecified atom stereocenters. The van der Waals surface area contributed by atoms with Crippen LogP contribution in [0.4, 0.5) is 17.6 Å². The van der Waals surface area contributed by atoms with Crippen LogP contribution in [0.2, 0.25) is 0 Å². The molecule has 0 amide bonds. The third-order valence-electron chi connectivity index (χ3n) is 2.49. The quantitative estimate of drug-likeness (QED) is 0.556. The molecule has 2 aromatic carbocycles. The van der Waals surface area contributed by atoms with Gasteiger partial charge in [-0.3, -0.25) is 0 Å². The molecule has 0 bridgehead atoms. The molecule has 0 N–H and O–H groups in total. The molecule has 0 radical (unpaired) electrons. The van der Waals surface area contributed by atoms with E-state index < -0.39 is 28.6 Å². The molecule has 2 aromatic rings. The zero-order valence-corrected chi connectivity index (χ0v) is 9.69. The van der Waals surface area contributed by atoms with Gasteiger partial charge in [0, 0.05) is 5.56 Å². The monoisotopic (exact) mass is 274 g/mol. The van der Waals surface area contributed by atoms with Gasteiger partial charge in [-0.05, 0) is 29.8 Å². The Morgan fingerprint density at radius 1 is 0.778 bits per heavy atom. The second kappa shape index (κ2) is 4.98. The molecule has 0 aliphatic heterocycles. The van der Waals surface area contributed by atoms with E-state index in [9.17, 15) is 17.6 Å². The minimum Gasteiger partial charge on any atom is -0.207 e. The molecule has 0 spiro atoms. The van der Waals surface area contributed by atoms with Crippen LogP contribution in [0.1, 0.15) is 16.5 Å². The van der Waals surface area contributed by atoms with E-state index in [2.05, 4.69) is 0 Å². The maximum Gasteiger partial charge on any atom is 0.159 e. The molecule has 0 saturated heterocycles. The molecular weight excluding hydrogens is 268 g/mol. The zero-order valence-electron chi connectivity index (χ0n) is 8.93. The van der Waals surface area contributed by atoms with E-state index in [0.29, 0.717) is 0 Å². The van der Waals surface area contributed by atoms with E-state index in [1.807, 2.05) is 0 Å². The summed E-state index contributed by atoms with van der Waals surface area (Å²) in [6, 6.07) is 6.16. The molecule has 0 aliphatic rings. The van der Waals surface area contributed by atoms with Crippen molar-refractivity contribution in [1.29, 1.82) is 0 Å². The highest BCUT2D eigenvalue weighted by Gasteiger charge is 2.20. The second-order valence-electron chi connectivity index (χ2n) is 3.67. The van der Waals surface area contributed by atoms with Gasteiger partial charge in [0.2, 0.25) is 0 Å². The third-order valence-corrected chi connectivity index (χ3v) is 2.96. The second-order valence-corrected chi connectivity index (χ2v) is 4.11. The summed E-state index contributed by atoms with van der Waals surface area (Å²) in [4.78, 5) is 0. The molecule has 18 heavy (non-hydrogen) atoms. The van der Waals surface area contributed by atoms with E-state index in [1.165, 1.54) is 12.1 Å². The van der Waals surface area contributed by atoms with Gasteiger partial charge in [0.15, 0.2) is 11.6 Å². The van der Waals surface area contributed by atoms with E-state index in [0.717, 1.165) is 24.3 Å². The van der Waals surface area contributed by atoms with Crippen molar-refractivity contribution in [3.63, 3.8) is 0 Å². The number of halogens is 5. The molecule has 1 atom stereocenters. The van der Waals surface area contributed by atoms with Gasteiger partial charge in [-0.1, -0.05) is 12.1 Å². The SMILES string of the molecule is Fc1ccc(C(Cl)c2c(F)cccc2F)cc1F. The average Bonchev–Trinajstić information content (AvgIpc) is 2.32. The molecule has 94 valence electrons. The predicted octanol–water partition coefficient (Wildman–Crippen LogP) is 4.57. The van der Waals surface area contributed by atoms with E-state index in [4.69, 9.17) is 11.6 Å². The van der Waals surface area contributed by atoms with Crippen LogP contribution in [0.5, 0.6) is 0 Å². The molecule has 5 heteroatoms. The average molecular weight is 275 g/mol. The first-order valence-electron chi connectivity index (χ1n) is 5.03. The predicted molar refractivity (Wildman–Crippen MR) is 60.4 cm³/mol.